The molecule has 0 radical (unpaired) electrons. The van der Waals surface area contributed by atoms with Crippen molar-refractivity contribution in [3.8, 4) is 0 Å². The van der Waals surface area contributed by atoms with Gasteiger partial charge in [-0.05, 0) is 75.9 Å². The predicted octanol–water partition coefficient (Wildman–Crippen LogP) is 1.91. The average Bonchev–Trinajstić information content (AvgIpc) is 3.25. The SMILES string of the molecule is CC1=C(C)[C@@H]([C@@]2(O)O[C@@]3(O)C[C@H]4[C@@H](CC=C5CC=CC(=O)[C@@]54C)[C@@H]4CC[C@](O)([C@H]2CO)[C@]43C)OC1=O. The van der Waals surface area contributed by atoms with E-state index in [0.29, 0.717) is 24.0 Å². The van der Waals surface area contributed by atoms with Crippen LogP contribution in [0.1, 0.15) is 59.8 Å². The first-order valence-electron chi connectivity index (χ1n) is 13.1. The standard InChI is InChI=1S/C28H36O8/c1-14-15(2)23(31)35-22(14)28(34)20(13-29)26(32)11-10-18-17-9-8-16-6-5-7-21(30)24(16,3)19(17)12-27(33,36-28)25(18,26)4/h5,7-8,17-20,22,29,32-34H,6,9-13H2,1-4H3/t17-,18-,19-,20+,22-,24-,25-,26-,27-,28-/m0/s1. The van der Waals surface area contributed by atoms with Crippen LogP contribution in [0, 0.1) is 34.5 Å². The Morgan fingerprint density at radius 2 is 1.83 bits per heavy atom. The first kappa shape index (κ1) is 24.5. The molecule has 6 rings (SSSR count). The summed E-state index contributed by atoms with van der Waals surface area (Å²) < 4.78 is 11.8. The average molecular weight is 501 g/mol. The van der Waals surface area contributed by atoms with Gasteiger partial charge in [0.1, 0.15) is 0 Å². The van der Waals surface area contributed by atoms with Gasteiger partial charge in [0, 0.05) is 12.0 Å². The van der Waals surface area contributed by atoms with Gasteiger partial charge >= 0.3 is 5.97 Å². The van der Waals surface area contributed by atoms with Crippen molar-refractivity contribution in [3.05, 3.63) is 34.9 Å². The minimum Gasteiger partial charge on any atom is -0.449 e. The molecule has 6 aliphatic rings. The van der Waals surface area contributed by atoms with Crippen molar-refractivity contribution in [2.24, 2.45) is 34.5 Å². The van der Waals surface area contributed by atoms with Gasteiger partial charge in [0.15, 0.2) is 17.7 Å². The van der Waals surface area contributed by atoms with Crippen LogP contribution in [0.5, 0.6) is 0 Å². The number of cyclic esters (lactones) is 1. The van der Waals surface area contributed by atoms with Crippen LogP contribution in [0.2, 0.25) is 0 Å². The Morgan fingerprint density at radius 3 is 2.47 bits per heavy atom. The van der Waals surface area contributed by atoms with Crippen molar-refractivity contribution in [2.45, 2.75) is 83.1 Å². The summed E-state index contributed by atoms with van der Waals surface area (Å²) in [6.45, 7) is 6.34. The molecule has 3 fully saturated rings. The van der Waals surface area contributed by atoms with Crippen LogP contribution in [0.3, 0.4) is 0 Å². The van der Waals surface area contributed by atoms with E-state index in [0.717, 1.165) is 12.0 Å². The molecule has 8 nitrogen and oxygen atoms in total. The fourth-order valence-electron chi connectivity index (χ4n) is 9.17. The molecule has 10 atom stereocenters. The second-order valence-corrected chi connectivity index (χ2v) is 12.4. The number of hydrogen-bond donors (Lipinski definition) is 4. The highest BCUT2D eigenvalue weighted by molar-refractivity contribution is 5.98. The van der Waals surface area contributed by atoms with Crippen LogP contribution in [-0.4, -0.2) is 62.1 Å². The number of fused-ring (bicyclic) bond motifs is 4. The van der Waals surface area contributed by atoms with Crippen LogP contribution < -0.4 is 0 Å². The van der Waals surface area contributed by atoms with Gasteiger partial charge in [-0.15, -0.1) is 0 Å². The molecule has 0 unspecified atom stereocenters. The van der Waals surface area contributed by atoms with Gasteiger partial charge < -0.3 is 29.9 Å². The largest absolute Gasteiger partial charge is 0.449 e. The fraction of sp³-hybridized carbons (Fsp3) is 0.714. The van der Waals surface area contributed by atoms with Gasteiger partial charge in [-0.1, -0.05) is 24.6 Å². The second kappa shape index (κ2) is 7.17. The van der Waals surface area contributed by atoms with E-state index in [1.807, 2.05) is 13.0 Å². The molecule has 4 N–H and O–H groups in total. The molecular weight excluding hydrogens is 464 g/mol. The highest BCUT2D eigenvalue weighted by Gasteiger charge is 2.82. The Labute approximate surface area is 210 Å². The molecule has 2 heterocycles. The van der Waals surface area contributed by atoms with E-state index >= 15 is 0 Å². The summed E-state index contributed by atoms with van der Waals surface area (Å²) in [4.78, 5) is 25.7. The molecule has 8 heteroatoms. The molecule has 0 aromatic rings. The minimum atomic E-state index is -2.36. The summed E-state index contributed by atoms with van der Waals surface area (Å²) in [7, 11) is 0. The first-order valence-corrected chi connectivity index (χ1v) is 13.1. The van der Waals surface area contributed by atoms with E-state index in [-0.39, 0.29) is 36.4 Å². The number of carbonyl (C=O) groups is 2. The number of rotatable bonds is 2. The van der Waals surface area contributed by atoms with Crippen LogP contribution in [0.25, 0.3) is 0 Å². The zero-order valence-corrected chi connectivity index (χ0v) is 21.3. The van der Waals surface area contributed by atoms with E-state index in [1.54, 1.807) is 26.8 Å². The molecule has 2 saturated carbocycles. The third kappa shape index (κ3) is 2.48. The second-order valence-electron chi connectivity index (χ2n) is 12.4. The number of allylic oxidation sites excluding steroid dienone is 4. The molecule has 2 aliphatic heterocycles. The summed E-state index contributed by atoms with van der Waals surface area (Å²) in [6.07, 6.45) is 6.60. The highest BCUT2D eigenvalue weighted by atomic mass is 16.7. The summed E-state index contributed by atoms with van der Waals surface area (Å²) >= 11 is 0. The normalized spacial score (nSPS) is 53.6. The molecular formula is C28H36O8. The number of aliphatic hydroxyl groups is 4. The van der Waals surface area contributed by atoms with Gasteiger partial charge in [0.05, 0.1) is 29.0 Å². The molecule has 0 spiro atoms. The van der Waals surface area contributed by atoms with E-state index in [1.165, 1.54) is 0 Å². The third-order valence-corrected chi connectivity index (χ3v) is 11.5. The molecule has 196 valence electrons. The van der Waals surface area contributed by atoms with E-state index in [9.17, 15) is 30.0 Å². The van der Waals surface area contributed by atoms with Crippen molar-refractivity contribution >= 4 is 11.8 Å². The number of ketones is 1. The van der Waals surface area contributed by atoms with Crippen LogP contribution in [0.4, 0.5) is 0 Å². The highest BCUT2D eigenvalue weighted by Crippen LogP contribution is 2.74. The fourth-order valence-corrected chi connectivity index (χ4v) is 9.17. The predicted molar refractivity (Wildman–Crippen MR) is 127 cm³/mol. The molecule has 0 aromatic carbocycles. The van der Waals surface area contributed by atoms with E-state index < -0.39 is 52.6 Å². The number of aliphatic hydroxyl groups excluding tert-OH is 1. The van der Waals surface area contributed by atoms with Crippen LogP contribution in [0.15, 0.2) is 34.9 Å². The monoisotopic (exact) mass is 500 g/mol. The van der Waals surface area contributed by atoms with Crippen molar-refractivity contribution in [3.63, 3.8) is 0 Å². The topological polar surface area (TPSA) is 134 Å². The molecule has 36 heavy (non-hydrogen) atoms. The Kier molecular flexibility index (Phi) is 4.88. The first-order chi connectivity index (χ1) is 16.8. The number of esters is 1. The van der Waals surface area contributed by atoms with Crippen LogP contribution in [-0.2, 0) is 19.1 Å². The molecule has 1 saturated heterocycles. The summed E-state index contributed by atoms with van der Waals surface area (Å²) in [5.74, 6) is -6.67. The van der Waals surface area contributed by atoms with Gasteiger partial charge in [-0.3, -0.25) is 4.79 Å². The Balaban J connectivity index is 1.52. The maximum absolute atomic E-state index is 13.3. The maximum Gasteiger partial charge on any atom is 0.334 e. The van der Waals surface area contributed by atoms with E-state index in [2.05, 4.69) is 6.08 Å². The smallest absolute Gasteiger partial charge is 0.334 e. The minimum absolute atomic E-state index is 0.00593. The zero-order chi connectivity index (χ0) is 26.1. The lowest BCUT2D eigenvalue weighted by Crippen LogP contribution is -2.80. The van der Waals surface area contributed by atoms with Crippen molar-refractivity contribution in [1.29, 1.82) is 0 Å². The van der Waals surface area contributed by atoms with Gasteiger partial charge in [0.2, 0.25) is 5.79 Å². The number of ether oxygens (including phenoxy) is 2. The number of hydrogen-bond acceptors (Lipinski definition) is 8. The van der Waals surface area contributed by atoms with Crippen molar-refractivity contribution < 1.29 is 39.5 Å². The Morgan fingerprint density at radius 1 is 1.11 bits per heavy atom. The van der Waals surface area contributed by atoms with Gasteiger partial charge in [-0.25, -0.2) is 4.79 Å². The van der Waals surface area contributed by atoms with Gasteiger partial charge in [0.25, 0.3) is 0 Å². The summed E-state index contributed by atoms with van der Waals surface area (Å²) in [6, 6.07) is 0. The van der Waals surface area contributed by atoms with E-state index in [4.69, 9.17) is 9.47 Å². The lowest BCUT2D eigenvalue weighted by Gasteiger charge is -2.69. The molecule has 0 bridgehead atoms. The molecule has 4 aliphatic carbocycles. The summed E-state index contributed by atoms with van der Waals surface area (Å²) in [5, 5.41) is 47.4. The van der Waals surface area contributed by atoms with Crippen molar-refractivity contribution in [1.82, 2.24) is 0 Å². The third-order valence-electron chi connectivity index (χ3n) is 11.5. The summed E-state index contributed by atoms with van der Waals surface area (Å²) in [5.41, 5.74) is -1.92. The quantitative estimate of drug-likeness (QED) is 0.334. The number of carbonyl (C=O) groups excluding carboxylic acids is 2. The van der Waals surface area contributed by atoms with Gasteiger partial charge in [-0.2, -0.15) is 0 Å². The Hall–Kier alpha value is -1.84. The van der Waals surface area contributed by atoms with Crippen LogP contribution >= 0.6 is 0 Å². The molecule has 0 amide bonds. The molecule has 0 aromatic heterocycles. The van der Waals surface area contributed by atoms with Crippen molar-refractivity contribution in [2.75, 3.05) is 6.61 Å². The lowest BCUT2D eigenvalue weighted by molar-refractivity contribution is -0.484. The lowest BCUT2D eigenvalue weighted by atomic mass is 9.43. The Bertz CT molecular complexity index is 1150. The zero-order valence-electron chi connectivity index (χ0n) is 21.3. The maximum atomic E-state index is 13.3.